The second kappa shape index (κ2) is 3.13. The Morgan fingerprint density at radius 2 is 2.07 bits per heavy atom. The summed E-state index contributed by atoms with van der Waals surface area (Å²) in [6, 6.07) is 5.13. The lowest BCUT2D eigenvalue weighted by atomic mass is 10.1. The van der Waals surface area contributed by atoms with Crippen LogP contribution in [0.2, 0.25) is 0 Å². The molecule has 0 saturated heterocycles. The SMILES string of the molecule is O=C(O)c1cc(=O)oc2c(O)cccc12. The Morgan fingerprint density at radius 3 is 2.73 bits per heavy atom. The molecule has 0 radical (unpaired) electrons. The normalized spacial score (nSPS) is 10.4. The van der Waals surface area contributed by atoms with Crippen molar-refractivity contribution >= 4 is 16.9 Å². The van der Waals surface area contributed by atoms with Gasteiger partial charge in [0.1, 0.15) is 0 Å². The lowest BCUT2D eigenvalue weighted by Crippen LogP contribution is -2.05. The average molecular weight is 206 g/mol. The number of hydrogen-bond acceptors (Lipinski definition) is 4. The Labute approximate surface area is 83.2 Å². The zero-order valence-electron chi connectivity index (χ0n) is 7.43. The quantitative estimate of drug-likeness (QED) is 0.684. The summed E-state index contributed by atoms with van der Waals surface area (Å²) in [5.41, 5.74) is -1.10. The van der Waals surface area contributed by atoms with E-state index in [9.17, 15) is 14.7 Å². The minimum absolute atomic E-state index is 0.109. The first-order valence-corrected chi connectivity index (χ1v) is 4.09. The highest BCUT2D eigenvalue weighted by Crippen LogP contribution is 2.25. The minimum Gasteiger partial charge on any atom is -0.504 e. The number of phenolic OH excluding ortho intramolecular Hbond substituents is 1. The zero-order valence-corrected chi connectivity index (χ0v) is 7.43. The number of aromatic hydroxyl groups is 1. The highest BCUT2D eigenvalue weighted by Gasteiger charge is 2.13. The molecule has 5 nitrogen and oxygen atoms in total. The topological polar surface area (TPSA) is 87.7 Å². The molecule has 76 valence electrons. The minimum atomic E-state index is -1.24. The van der Waals surface area contributed by atoms with Crippen LogP contribution in [0.1, 0.15) is 10.4 Å². The van der Waals surface area contributed by atoms with E-state index in [1.165, 1.54) is 18.2 Å². The van der Waals surface area contributed by atoms with Crippen molar-refractivity contribution in [3.8, 4) is 5.75 Å². The van der Waals surface area contributed by atoms with E-state index < -0.39 is 11.6 Å². The molecule has 2 N–H and O–H groups in total. The molecule has 1 heterocycles. The van der Waals surface area contributed by atoms with Gasteiger partial charge in [0.05, 0.1) is 5.56 Å². The lowest BCUT2D eigenvalue weighted by Gasteiger charge is -2.01. The smallest absolute Gasteiger partial charge is 0.337 e. The third kappa shape index (κ3) is 1.43. The van der Waals surface area contributed by atoms with Crippen molar-refractivity contribution in [1.29, 1.82) is 0 Å². The van der Waals surface area contributed by atoms with Gasteiger partial charge in [-0.1, -0.05) is 12.1 Å². The monoisotopic (exact) mass is 206 g/mol. The average Bonchev–Trinajstić information content (AvgIpc) is 2.18. The number of carboxylic acids is 1. The van der Waals surface area contributed by atoms with Gasteiger partial charge in [-0.05, 0) is 6.07 Å². The van der Waals surface area contributed by atoms with E-state index in [-0.39, 0.29) is 22.3 Å². The van der Waals surface area contributed by atoms with Gasteiger partial charge in [-0.3, -0.25) is 0 Å². The molecule has 0 bridgehead atoms. The molecular formula is C10H6O5. The number of aromatic carboxylic acids is 1. The second-order valence-corrected chi connectivity index (χ2v) is 2.94. The van der Waals surface area contributed by atoms with Crippen molar-refractivity contribution < 1.29 is 19.4 Å². The highest BCUT2D eigenvalue weighted by atomic mass is 16.4. The van der Waals surface area contributed by atoms with Gasteiger partial charge < -0.3 is 14.6 Å². The molecule has 0 aliphatic carbocycles. The fourth-order valence-corrected chi connectivity index (χ4v) is 1.35. The van der Waals surface area contributed by atoms with Crippen LogP contribution in [0.3, 0.4) is 0 Å². The fourth-order valence-electron chi connectivity index (χ4n) is 1.35. The van der Waals surface area contributed by atoms with E-state index in [2.05, 4.69) is 0 Å². The summed E-state index contributed by atoms with van der Waals surface area (Å²) in [5.74, 6) is -1.49. The maximum Gasteiger partial charge on any atom is 0.337 e. The maximum absolute atomic E-state index is 11.0. The Kier molecular flexibility index (Phi) is 1.93. The molecule has 0 unspecified atom stereocenters. The molecule has 0 aliphatic rings. The van der Waals surface area contributed by atoms with Gasteiger partial charge in [0, 0.05) is 11.5 Å². The van der Waals surface area contributed by atoms with Gasteiger partial charge in [0.15, 0.2) is 11.3 Å². The van der Waals surface area contributed by atoms with Crippen LogP contribution >= 0.6 is 0 Å². The van der Waals surface area contributed by atoms with Gasteiger partial charge in [-0.15, -0.1) is 0 Å². The van der Waals surface area contributed by atoms with E-state index >= 15 is 0 Å². The van der Waals surface area contributed by atoms with Crippen LogP contribution in [0.4, 0.5) is 0 Å². The molecule has 2 aromatic rings. The van der Waals surface area contributed by atoms with Gasteiger partial charge in [0.25, 0.3) is 0 Å². The summed E-state index contributed by atoms with van der Waals surface area (Å²) >= 11 is 0. The van der Waals surface area contributed by atoms with Crippen LogP contribution in [0.25, 0.3) is 11.0 Å². The summed E-state index contributed by atoms with van der Waals surface area (Å²) < 4.78 is 4.71. The van der Waals surface area contributed by atoms with Crippen molar-refractivity contribution in [2.75, 3.05) is 0 Å². The lowest BCUT2D eigenvalue weighted by molar-refractivity contribution is 0.0698. The predicted octanol–water partition coefficient (Wildman–Crippen LogP) is 1.20. The van der Waals surface area contributed by atoms with Gasteiger partial charge in [-0.2, -0.15) is 0 Å². The van der Waals surface area contributed by atoms with Crippen LogP contribution in [0.15, 0.2) is 33.5 Å². The molecule has 2 rings (SSSR count). The summed E-state index contributed by atoms with van der Waals surface area (Å²) in [6.45, 7) is 0. The van der Waals surface area contributed by atoms with Crippen LogP contribution in [-0.4, -0.2) is 16.2 Å². The number of rotatable bonds is 1. The van der Waals surface area contributed by atoms with Crippen molar-refractivity contribution in [1.82, 2.24) is 0 Å². The molecule has 15 heavy (non-hydrogen) atoms. The Morgan fingerprint density at radius 1 is 1.33 bits per heavy atom. The van der Waals surface area contributed by atoms with E-state index in [0.717, 1.165) is 6.07 Å². The van der Waals surface area contributed by atoms with Crippen molar-refractivity contribution in [3.63, 3.8) is 0 Å². The third-order valence-electron chi connectivity index (χ3n) is 1.98. The van der Waals surface area contributed by atoms with Crippen molar-refractivity contribution in [2.45, 2.75) is 0 Å². The van der Waals surface area contributed by atoms with Crippen LogP contribution in [0, 0.1) is 0 Å². The standard InChI is InChI=1S/C10H6O5/c11-7-3-1-2-5-6(10(13)14)4-8(12)15-9(5)7/h1-4,11H,(H,13,14). The summed E-state index contributed by atoms with van der Waals surface area (Å²) in [7, 11) is 0. The molecule has 1 aromatic carbocycles. The van der Waals surface area contributed by atoms with Gasteiger partial charge >= 0.3 is 11.6 Å². The van der Waals surface area contributed by atoms with Crippen molar-refractivity contribution in [3.05, 3.63) is 40.2 Å². The number of carboxylic acid groups (broad SMARTS) is 1. The third-order valence-corrected chi connectivity index (χ3v) is 1.98. The number of fused-ring (bicyclic) bond motifs is 1. The molecule has 0 spiro atoms. The summed E-state index contributed by atoms with van der Waals surface area (Å²) in [5, 5.41) is 18.4. The van der Waals surface area contributed by atoms with Crippen LogP contribution in [-0.2, 0) is 0 Å². The first-order valence-electron chi connectivity index (χ1n) is 4.09. The van der Waals surface area contributed by atoms with Crippen LogP contribution in [0.5, 0.6) is 5.75 Å². The molecular weight excluding hydrogens is 200 g/mol. The Balaban J connectivity index is 2.99. The largest absolute Gasteiger partial charge is 0.504 e. The molecule has 0 saturated carbocycles. The van der Waals surface area contributed by atoms with Gasteiger partial charge in [-0.25, -0.2) is 9.59 Å². The molecule has 0 fully saturated rings. The van der Waals surface area contributed by atoms with E-state index in [4.69, 9.17) is 9.52 Å². The fraction of sp³-hybridized carbons (Fsp3) is 0. The highest BCUT2D eigenvalue weighted by molar-refractivity contribution is 6.02. The number of para-hydroxylation sites is 1. The Bertz CT molecular complexity index is 596. The molecule has 0 aliphatic heterocycles. The molecule has 0 atom stereocenters. The summed E-state index contributed by atoms with van der Waals surface area (Å²) in [4.78, 5) is 21.8. The summed E-state index contributed by atoms with van der Waals surface area (Å²) in [6.07, 6.45) is 0. The number of benzene rings is 1. The number of carbonyl (C=O) groups is 1. The number of hydrogen-bond donors (Lipinski definition) is 2. The first-order chi connectivity index (χ1) is 7.09. The molecule has 1 aromatic heterocycles. The Hall–Kier alpha value is -2.30. The molecule has 5 heteroatoms. The first kappa shape index (κ1) is 9.26. The number of phenols is 1. The van der Waals surface area contributed by atoms with Crippen molar-refractivity contribution in [2.24, 2.45) is 0 Å². The maximum atomic E-state index is 11.0. The van der Waals surface area contributed by atoms with E-state index in [1.807, 2.05) is 0 Å². The predicted molar refractivity (Wildman–Crippen MR) is 51.1 cm³/mol. The van der Waals surface area contributed by atoms with Crippen LogP contribution < -0.4 is 5.63 Å². The van der Waals surface area contributed by atoms with E-state index in [0.29, 0.717) is 0 Å². The van der Waals surface area contributed by atoms with E-state index in [1.54, 1.807) is 0 Å². The van der Waals surface area contributed by atoms with Gasteiger partial charge in [0.2, 0.25) is 0 Å². The molecule has 0 amide bonds. The second-order valence-electron chi connectivity index (χ2n) is 2.94. The zero-order chi connectivity index (χ0) is 11.0.